The maximum atomic E-state index is 6.82. The Labute approximate surface area is 169 Å². The highest BCUT2D eigenvalue weighted by Crippen LogP contribution is 2.42. The summed E-state index contributed by atoms with van der Waals surface area (Å²) in [5.41, 5.74) is 0.955. The lowest BCUT2D eigenvalue weighted by Crippen LogP contribution is -2.47. The van der Waals surface area contributed by atoms with Crippen molar-refractivity contribution in [2.24, 2.45) is 0 Å². The van der Waals surface area contributed by atoms with Gasteiger partial charge in [-0.1, -0.05) is 81.4 Å². The third kappa shape index (κ3) is 4.39. The van der Waals surface area contributed by atoms with E-state index < -0.39 is 9.04 Å². The van der Waals surface area contributed by atoms with E-state index in [2.05, 4.69) is 75.4 Å². The summed E-state index contributed by atoms with van der Waals surface area (Å²) in [6, 6.07) is 24.9. The Bertz CT molecular complexity index is 863. The zero-order valence-corrected chi connectivity index (χ0v) is 18.4. The molecule has 28 heavy (non-hydrogen) atoms. The Morgan fingerprint density at radius 1 is 0.714 bits per heavy atom. The highest BCUT2D eigenvalue weighted by molar-refractivity contribution is 6.80. The van der Waals surface area contributed by atoms with Crippen molar-refractivity contribution in [3.8, 4) is 17.2 Å². The van der Waals surface area contributed by atoms with E-state index in [4.69, 9.17) is 13.9 Å². The van der Waals surface area contributed by atoms with Crippen LogP contribution in [0.1, 0.15) is 26.3 Å². The minimum absolute atomic E-state index is 0.122. The van der Waals surface area contributed by atoms with Crippen LogP contribution in [0.25, 0.3) is 0 Å². The Kier molecular flexibility index (Phi) is 6.10. The highest BCUT2D eigenvalue weighted by atomic mass is 28.3. The molecule has 0 N–H and O–H groups in total. The topological polar surface area (TPSA) is 27.7 Å². The first kappa shape index (κ1) is 20.0. The second-order valence-electron chi connectivity index (χ2n) is 7.78. The van der Waals surface area contributed by atoms with Crippen molar-refractivity contribution in [3.63, 3.8) is 0 Å². The second kappa shape index (κ2) is 8.53. The second-order valence-corrected chi connectivity index (χ2v) is 10.1. The quantitative estimate of drug-likeness (QED) is 0.595. The minimum atomic E-state index is -1.96. The zero-order chi connectivity index (χ0) is 20.1. The molecule has 3 aromatic carbocycles. The summed E-state index contributed by atoms with van der Waals surface area (Å²) in [7, 11) is 1.39. The molecular formula is C24H28O3Si. The minimum Gasteiger partial charge on any atom is -0.535 e. The molecule has 146 valence electrons. The van der Waals surface area contributed by atoms with E-state index in [1.54, 1.807) is 14.2 Å². The van der Waals surface area contributed by atoms with Gasteiger partial charge in [0.25, 0.3) is 9.04 Å². The van der Waals surface area contributed by atoms with Crippen molar-refractivity contribution in [1.82, 2.24) is 0 Å². The Morgan fingerprint density at radius 2 is 1.25 bits per heavy atom. The molecule has 0 unspecified atom stereocenters. The molecule has 0 saturated carbocycles. The zero-order valence-electron chi connectivity index (χ0n) is 17.2. The summed E-state index contributed by atoms with van der Waals surface area (Å²) in [6.45, 7) is 6.53. The summed E-state index contributed by atoms with van der Waals surface area (Å²) < 4.78 is 18.0. The Morgan fingerprint density at radius 3 is 1.68 bits per heavy atom. The molecular weight excluding hydrogens is 364 g/mol. The van der Waals surface area contributed by atoms with Crippen LogP contribution < -0.4 is 24.3 Å². The molecule has 0 saturated heterocycles. The first-order valence-corrected chi connectivity index (χ1v) is 11.1. The fraction of sp³-hybridized carbons (Fsp3) is 0.250. The van der Waals surface area contributed by atoms with Crippen LogP contribution in [0.3, 0.4) is 0 Å². The molecule has 0 aliphatic carbocycles. The van der Waals surface area contributed by atoms with Crippen LogP contribution in [0.2, 0.25) is 0 Å². The van der Waals surface area contributed by atoms with E-state index in [0.29, 0.717) is 5.75 Å². The summed E-state index contributed by atoms with van der Waals surface area (Å²) in [6.07, 6.45) is 0. The molecule has 0 heterocycles. The van der Waals surface area contributed by atoms with Gasteiger partial charge >= 0.3 is 0 Å². The van der Waals surface area contributed by atoms with Crippen molar-refractivity contribution < 1.29 is 13.9 Å². The first-order chi connectivity index (χ1) is 13.4. The van der Waals surface area contributed by atoms with Gasteiger partial charge in [0.15, 0.2) is 11.5 Å². The van der Waals surface area contributed by atoms with Gasteiger partial charge in [0.05, 0.1) is 14.2 Å². The van der Waals surface area contributed by atoms with Crippen LogP contribution in [0.15, 0.2) is 72.8 Å². The molecule has 0 aliphatic rings. The molecule has 0 aliphatic heterocycles. The van der Waals surface area contributed by atoms with Gasteiger partial charge in [0.1, 0.15) is 5.75 Å². The lowest BCUT2D eigenvalue weighted by atomic mass is 9.86. The highest BCUT2D eigenvalue weighted by Gasteiger charge is 2.28. The van der Waals surface area contributed by atoms with Crippen molar-refractivity contribution in [2.75, 3.05) is 14.2 Å². The van der Waals surface area contributed by atoms with Crippen molar-refractivity contribution in [1.29, 1.82) is 0 Å². The number of rotatable bonds is 6. The fourth-order valence-corrected chi connectivity index (χ4v) is 5.51. The van der Waals surface area contributed by atoms with Crippen LogP contribution in [0.5, 0.6) is 17.2 Å². The van der Waals surface area contributed by atoms with Crippen LogP contribution in [0, 0.1) is 0 Å². The summed E-state index contributed by atoms with van der Waals surface area (Å²) in [5.74, 6) is 2.28. The molecule has 3 aromatic rings. The van der Waals surface area contributed by atoms with Gasteiger partial charge < -0.3 is 13.9 Å². The van der Waals surface area contributed by atoms with Crippen LogP contribution >= 0.6 is 0 Å². The molecule has 0 bridgehead atoms. The molecule has 4 heteroatoms. The van der Waals surface area contributed by atoms with Gasteiger partial charge in [0.2, 0.25) is 0 Å². The van der Waals surface area contributed by atoms with Crippen molar-refractivity contribution in [2.45, 2.75) is 26.2 Å². The van der Waals surface area contributed by atoms with E-state index in [0.717, 1.165) is 17.1 Å². The molecule has 0 spiro atoms. The average molecular weight is 393 g/mol. The average Bonchev–Trinajstić information content (AvgIpc) is 2.72. The monoisotopic (exact) mass is 392 g/mol. The number of ether oxygens (including phenoxy) is 2. The number of hydrogen-bond acceptors (Lipinski definition) is 3. The third-order valence-corrected chi connectivity index (χ3v) is 7.18. The largest absolute Gasteiger partial charge is 0.535 e. The smallest absolute Gasteiger partial charge is 0.299 e. The molecule has 0 aromatic heterocycles. The van der Waals surface area contributed by atoms with E-state index >= 15 is 0 Å². The molecule has 3 nitrogen and oxygen atoms in total. The lowest BCUT2D eigenvalue weighted by molar-refractivity contribution is 0.374. The predicted octanol–water partition coefficient (Wildman–Crippen LogP) is 3.92. The predicted molar refractivity (Wildman–Crippen MR) is 118 cm³/mol. The first-order valence-electron chi connectivity index (χ1n) is 9.47. The molecule has 0 atom stereocenters. The summed E-state index contributed by atoms with van der Waals surface area (Å²) in [5, 5.41) is 2.46. The van der Waals surface area contributed by atoms with Gasteiger partial charge in [-0.3, -0.25) is 0 Å². The van der Waals surface area contributed by atoms with Crippen LogP contribution in [0.4, 0.5) is 0 Å². The Balaban J connectivity index is 2.15. The van der Waals surface area contributed by atoms with Crippen molar-refractivity contribution >= 4 is 19.4 Å². The van der Waals surface area contributed by atoms with E-state index in [-0.39, 0.29) is 5.41 Å². The molecule has 0 radical (unpaired) electrons. The van der Waals surface area contributed by atoms with Gasteiger partial charge in [-0.25, -0.2) is 0 Å². The van der Waals surface area contributed by atoms with Crippen LogP contribution in [-0.2, 0) is 5.41 Å². The van der Waals surface area contributed by atoms with Crippen LogP contribution in [-0.4, -0.2) is 23.3 Å². The molecule has 3 rings (SSSR count). The normalized spacial score (nSPS) is 11.4. The number of benzene rings is 3. The van der Waals surface area contributed by atoms with E-state index in [1.165, 1.54) is 10.4 Å². The molecule has 0 amide bonds. The fourth-order valence-electron chi connectivity index (χ4n) is 3.23. The third-order valence-electron chi connectivity index (χ3n) is 4.73. The van der Waals surface area contributed by atoms with Gasteiger partial charge in [-0.05, 0) is 21.9 Å². The Hall–Kier alpha value is -2.72. The van der Waals surface area contributed by atoms with Gasteiger partial charge in [-0.15, -0.1) is 0 Å². The number of methoxy groups -OCH3 is 2. The summed E-state index contributed by atoms with van der Waals surface area (Å²) >= 11 is 0. The standard InChI is InChI=1S/C24H28O3Si/c1-24(2,3)21-16-18(25-4)17-22(26-5)23(21)27-28(19-12-8-6-9-13-19)20-14-10-7-11-15-20/h6-17,28H,1-5H3. The number of hydrogen-bond donors (Lipinski definition) is 0. The van der Waals surface area contributed by atoms with E-state index in [9.17, 15) is 0 Å². The van der Waals surface area contributed by atoms with Crippen molar-refractivity contribution in [3.05, 3.63) is 78.4 Å². The summed E-state index contributed by atoms with van der Waals surface area (Å²) in [4.78, 5) is 0. The maximum absolute atomic E-state index is 6.82. The van der Waals surface area contributed by atoms with E-state index in [1.807, 2.05) is 18.2 Å². The lowest BCUT2D eigenvalue weighted by Gasteiger charge is -2.28. The maximum Gasteiger partial charge on any atom is 0.299 e. The van der Waals surface area contributed by atoms with Gasteiger partial charge in [-0.2, -0.15) is 0 Å². The SMILES string of the molecule is COc1cc(OC)c(O[SiH](c2ccccc2)c2ccccc2)c(C(C)(C)C)c1. The van der Waals surface area contributed by atoms with Gasteiger partial charge in [0, 0.05) is 11.6 Å². The molecule has 0 fully saturated rings.